The van der Waals surface area contributed by atoms with Crippen molar-refractivity contribution >= 4 is 0 Å². The van der Waals surface area contributed by atoms with E-state index in [9.17, 15) is 0 Å². The van der Waals surface area contributed by atoms with Crippen LogP contribution in [0.5, 0.6) is 0 Å². The van der Waals surface area contributed by atoms with Crippen LogP contribution < -0.4 is 5.73 Å². The van der Waals surface area contributed by atoms with Gasteiger partial charge in [0, 0.05) is 19.2 Å². The molecule has 0 fully saturated rings. The lowest BCUT2D eigenvalue weighted by molar-refractivity contribution is 0.287. The average molecular weight is 195 g/mol. The Morgan fingerprint density at radius 1 is 1.71 bits per heavy atom. The molecule has 0 unspecified atom stereocenters. The minimum absolute atomic E-state index is 0.424. The van der Waals surface area contributed by atoms with Gasteiger partial charge in [-0.1, -0.05) is 17.3 Å². The summed E-state index contributed by atoms with van der Waals surface area (Å²) in [6, 6.07) is 1.88. The molecule has 0 aliphatic carbocycles. The van der Waals surface area contributed by atoms with Crippen molar-refractivity contribution in [2.24, 2.45) is 5.73 Å². The largest absolute Gasteiger partial charge is 0.360 e. The molecule has 0 aromatic carbocycles. The SMILES string of the molecule is C=C(C)CN(C)Cc1cc(CN)no1. The minimum Gasteiger partial charge on any atom is -0.360 e. The van der Waals surface area contributed by atoms with Gasteiger partial charge >= 0.3 is 0 Å². The third-order valence-electron chi connectivity index (χ3n) is 1.78. The van der Waals surface area contributed by atoms with Crippen LogP contribution in [0.15, 0.2) is 22.7 Å². The number of hydrogen-bond donors (Lipinski definition) is 1. The van der Waals surface area contributed by atoms with Crippen LogP contribution in [-0.4, -0.2) is 23.6 Å². The zero-order valence-corrected chi connectivity index (χ0v) is 8.79. The number of hydrogen-bond acceptors (Lipinski definition) is 4. The zero-order valence-electron chi connectivity index (χ0n) is 8.79. The second-order valence-electron chi connectivity index (χ2n) is 3.62. The molecule has 14 heavy (non-hydrogen) atoms. The van der Waals surface area contributed by atoms with E-state index in [0.717, 1.165) is 30.1 Å². The molecule has 0 bridgehead atoms. The van der Waals surface area contributed by atoms with Gasteiger partial charge in [-0.25, -0.2) is 0 Å². The zero-order chi connectivity index (χ0) is 10.6. The summed E-state index contributed by atoms with van der Waals surface area (Å²) in [5.41, 5.74) is 7.35. The van der Waals surface area contributed by atoms with E-state index >= 15 is 0 Å². The van der Waals surface area contributed by atoms with E-state index in [-0.39, 0.29) is 0 Å². The predicted molar refractivity (Wildman–Crippen MR) is 55.5 cm³/mol. The Kier molecular flexibility index (Phi) is 3.85. The molecule has 78 valence electrons. The fourth-order valence-corrected chi connectivity index (χ4v) is 1.31. The van der Waals surface area contributed by atoms with Crippen molar-refractivity contribution < 1.29 is 4.52 Å². The van der Waals surface area contributed by atoms with Crippen molar-refractivity contribution in [1.82, 2.24) is 10.1 Å². The molecule has 0 saturated heterocycles. The van der Waals surface area contributed by atoms with E-state index in [1.54, 1.807) is 0 Å². The summed E-state index contributed by atoms with van der Waals surface area (Å²) in [4.78, 5) is 2.11. The van der Waals surface area contributed by atoms with Gasteiger partial charge in [0.2, 0.25) is 0 Å². The summed E-state index contributed by atoms with van der Waals surface area (Å²) in [7, 11) is 2.01. The summed E-state index contributed by atoms with van der Waals surface area (Å²) in [5, 5.41) is 3.82. The third-order valence-corrected chi connectivity index (χ3v) is 1.78. The van der Waals surface area contributed by atoms with Crippen LogP contribution in [0.4, 0.5) is 0 Å². The van der Waals surface area contributed by atoms with Gasteiger partial charge in [0.25, 0.3) is 0 Å². The van der Waals surface area contributed by atoms with Crippen molar-refractivity contribution in [2.75, 3.05) is 13.6 Å². The Morgan fingerprint density at radius 3 is 2.93 bits per heavy atom. The molecule has 4 nitrogen and oxygen atoms in total. The molecule has 0 saturated carbocycles. The van der Waals surface area contributed by atoms with Crippen LogP contribution in [0.25, 0.3) is 0 Å². The highest BCUT2D eigenvalue weighted by Gasteiger charge is 2.05. The van der Waals surface area contributed by atoms with Gasteiger partial charge in [-0.3, -0.25) is 4.90 Å². The molecular formula is C10H17N3O. The minimum atomic E-state index is 0.424. The van der Waals surface area contributed by atoms with E-state index in [1.165, 1.54) is 0 Å². The molecule has 1 heterocycles. The highest BCUT2D eigenvalue weighted by Crippen LogP contribution is 2.06. The van der Waals surface area contributed by atoms with Crippen molar-refractivity contribution in [2.45, 2.75) is 20.0 Å². The van der Waals surface area contributed by atoms with E-state index in [1.807, 2.05) is 20.0 Å². The Morgan fingerprint density at radius 2 is 2.43 bits per heavy atom. The predicted octanol–water partition coefficient (Wildman–Crippen LogP) is 1.14. The maximum atomic E-state index is 5.42. The highest BCUT2D eigenvalue weighted by atomic mass is 16.5. The molecule has 0 amide bonds. The first kappa shape index (κ1) is 10.9. The number of nitrogens with two attached hydrogens (primary N) is 1. The Balaban J connectivity index is 2.47. The Labute approximate surface area is 84.4 Å². The number of aromatic nitrogens is 1. The number of rotatable bonds is 5. The van der Waals surface area contributed by atoms with Crippen LogP contribution in [0, 0.1) is 0 Å². The van der Waals surface area contributed by atoms with Crippen molar-refractivity contribution in [3.05, 3.63) is 29.7 Å². The molecule has 1 rings (SSSR count). The molecule has 1 aromatic rings. The highest BCUT2D eigenvalue weighted by molar-refractivity contribution is 5.05. The first-order valence-electron chi connectivity index (χ1n) is 4.59. The molecule has 0 radical (unpaired) electrons. The lowest BCUT2D eigenvalue weighted by Gasteiger charge is -2.13. The second-order valence-corrected chi connectivity index (χ2v) is 3.62. The fourth-order valence-electron chi connectivity index (χ4n) is 1.31. The van der Waals surface area contributed by atoms with Crippen LogP contribution >= 0.6 is 0 Å². The maximum absolute atomic E-state index is 5.42. The van der Waals surface area contributed by atoms with Gasteiger partial charge < -0.3 is 10.3 Å². The molecule has 0 aliphatic heterocycles. The summed E-state index contributed by atoms with van der Waals surface area (Å²) in [5.74, 6) is 0.842. The molecule has 2 N–H and O–H groups in total. The summed E-state index contributed by atoms with van der Waals surface area (Å²) < 4.78 is 5.11. The standard InChI is InChI=1S/C10H17N3O/c1-8(2)6-13(3)7-10-4-9(5-11)12-14-10/h4H,1,5-7,11H2,2-3H3. The Hall–Kier alpha value is -1.13. The number of nitrogens with zero attached hydrogens (tertiary/aromatic N) is 2. The van der Waals surface area contributed by atoms with Crippen molar-refractivity contribution in [3.63, 3.8) is 0 Å². The monoisotopic (exact) mass is 195 g/mol. The van der Waals surface area contributed by atoms with Gasteiger partial charge in [-0.2, -0.15) is 0 Å². The van der Waals surface area contributed by atoms with Gasteiger partial charge in [-0.05, 0) is 14.0 Å². The van der Waals surface area contributed by atoms with Crippen molar-refractivity contribution in [3.8, 4) is 0 Å². The van der Waals surface area contributed by atoms with Crippen LogP contribution in [0.2, 0.25) is 0 Å². The summed E-state index contributed by atoms with van der Waals surface area (Å²) in [6.07, 6.45) is 0. The molecule has 0 spiro atoms. The van der Waals surface area contributed by atoms with E-state index < -0.39 is 0 Å². The summed E-state index contributed by atoms with van der Waals surface area (Å²) in [6.45, 7) is 7.87. The molecule has 0 aliphatic rings. The van der Waals surface area contributed by atoms with Crippen LogP contribution in [0.1, 0.15) is 18.4 Å². The maximum Gasteiger partial charge on any atom is 0.151 e. The average Bonchev–Trinajstić information content (AvgIpc) is 2.50. The molecule has 1 aromatic heterocycles. The second kappa shape index (κ2) is 4.93. The smallest absolute Gasteiger partial charge is 0.151 e. The quantitative estimate of drug-likeness (QED) is 0.716. The van der Waals surface area contributed by atoms with E-state index in [0.29, 0.717) is 6.54 Å². The normalized spacial score (nSPS) is 10.9. The first-order chi connectivity index (χ1) is 6.61. The molecular weight excluding hydrogens is 178 g/mol. The Bertz CT molecular complexity index is 306. The van der Waals surface area contributed by atoms with Gasteiger partial charge in [-0.15, -0.1) is 0 Å². The lowest BCUT2D eigenvalue weighted by Crippen LogP contribution is -2.19. The molecule has 4 heteroatoms. The third kappa shape index (κ3) is 3.32. The van der Waals surface area contributed by atoms with Crippen LogP contribution in [0.3, 0.4) is 0 Å². The molecule has 0 atom stereocenters. The summed E-state index contributed by atoms with van der Waals surface area (Å²) >= 11 is 0. The topological polar surface area (TPSA) is 55.3 Å². The number of likely N-dealkylation sites (N-methyl/N-ethyl adjacent to an activating group) is 1. The lowest BCUT2D eigenvalue weighted by atomic mass is 10.3. The van der Waals surface area contributed by atoms with Gasteiger partial charge in [0.15, 0.2) is 5.76 Å². The van der Waals surface area contributed by atoms with Crippen LogP contribution in [-0.2, 0) is 13.1 Å². The fraction of sp³-hybridized carbons (Fsp3) is 0.500. The van der Waals surface area contributed by atoms with E-state index in [2.05, 4.69) is 16.6 Å². The van der Waals surface area contributed by atoms with Crippen molar-refractivity contribution in [1.29, 1.82) is 0 Å². The van der Waals surface area contributed by atoms with Gasteiger partial charge in [0.1, 0.15) is 0 Å². The van der Waals surface area contributed by atoms with Gasteiger partial charge in [0.05, 0.1) is 12.2 Å². The first-order valence-corrected chi connectivity index (χ1v) is 4.59. The van der Waals surface area contributed by atoms with E-state index in [4.69, 9.17) is 10.3 Å².